The van der Waals surface area contributed by atoms with Crippen molar-refractivity contribution in [2.45, 2.75) is 33.7 Å². The second-order valence-electron chi connectivity index (χ2n) is 4.61. The van der Waals surface area contributed by atoms with Crippen LogP contribution in [-0.4, -0.2) is 22.5 Å². The topological polar surface area (TPSA) is 24.9 Å². The van der Waals surface area contributed by atoms with Crippen LogP contribution < -0.4 is 5.32 Å². The first-order valence-electron chi connectivity index (χ1n) is 5.85. The van der Waals surface area contributed by atoms with Crippen LogP contribution in [0.2, 0.25) is 0 Å². The van der Waals surface area contributed by atoms with Crippen molar-refractivity contribution in [3.05, 3.63) is 24.0 Å². The van der Waals surface area contributed by atoms with Gasteiger partial charge >= 0.3 is 0 Å². The molecule has 16 heavy (non-hydrogen) atoms. The second kappa shape index (κ2) is 6.79. The van der Waals surface area contributed by atoms with Crippen molar-refractivity contribution < 1.29 is 0 Å². The Bertz CT molecular complexity index is 313. The molecule has 0 bridgehead atoms. The lowest BCUT2D eigenvalue weighted by Gasteiger charge is -2.16. The fourth-order valence-corrected chi connectivity index (χ4v) is 2.47. The molecule has 1 heterocycles. The Morgan fingerprint density at radius 1 is 1.31 bits per heavy atom. The Morgan fingerprint density at radius 3 is 2.69 bits per heavy atom. The van der Waals surface area contributed by atoms with Crippen LogP contribution in [0.5, 0.6) is 0 Å². The maximum Gasteiger partial charge on any atom is 0.0603 e. The Hall–Kier alpha value is -0.700. The van der Waals surface area contributed by atoms with Crippen LogP contribution >= 0.6 is 11.8 Å². The lowest BCUT2D eigenvalue weighted by Crippen LogP contribution is -2.19. The number of rotatable bonds is 6. The zero-order valence-corrected chi connectivity index (χ0v) is 11.5. The summed E-state index contributed by atoms with van der Waals surface area (Å²) in [7, 11) is 0. The standard InChI is InChI=1S/C13H22N2S/c1-10(2)8-16-9-11(3)15-13-6-5-7-14-12(13)4/h5-7,10-11,15H,8-9H2,1-4H3. The van der Waals surface area contributed by atoms with Gasteiger partial charge < -0.3 is 5.32 Å². The maximum absolute atomic E-state index is 4.27. The van der Waals surface area contributed by atoms with Gasteiger partial charge in [0.05, 0.1) is 11.4 Å². The number of anilines is 1. The third-order valence-corrected chi connectivity index (χ3v) is 3.87. The molecule has 0 saturated heterocycles. The molecule has 0 aliphatic heterocycles. The molecule has 1 atom stereocenters. The molecule has 1 aromatic heterocycles. The molecule has 1 unspecified atom stereocenters. The fourth-order valence-electron chi connectivity index (χ4n) is 1.42. The first-order valence-corrected chi connectivity index (χ1v) is 7.01. The molecule has 1 rings (SSSR count). The predicted octanol–water partition coefficient (Wildman–Crippen LogP) is 3.58. The molecule has 0 aliphatic rings. The summed E-state index contributed by atoms with van der Waals surface area (Å²) in [6, 6.07) is 4.56. The van der Waals surface area contributed by atoms with E-state index in [-0.39, 0.29) is 0 Å². The van der Waals surface area contributed by atoms with Crippen LogP contribution in [0.1, 0.15) is 26.5 Å². The highest BCUT2D eigenvalue weighted by atomic mass is 32.2. The second-order valence-corrected chi connectivity index (χ2v) is 5.69. The van der Waals surface area contributed by atoms with E-state index in [1.54, 1.807) is 0 Å². The monoisotopic (exact) mass is 238 g/mol. The third-order valence-electron chi connectivity index (χ3n) is 2.23. The van der Waals surface area contributed by atoms with E-state index in [1.165, 1.54) is 5.75 Å². The van der Waals surface area contributed by atoms with Crippen molar-refractivity contribution in [1.29, 1.82) is 0 Å². The van der Waals surface area contributed by atoms with Crippen LogP contribution in [-0.2, 0) is 0 Å². The average molecular weight is 238 g/mol. The summed E-state index contributed by atoms with van der Waals surface area (Å²) >= 11 is 2.01. The van der Waals surface area contributed by atoms with Crippen LogP contribution in [0.4, 0.5) is 5.69 Å². The lowest BCUT2D eigenvalue weighted by molar-refractivity contribution is 0.748. The molecule has 1 N–H and O–H groups in total. The molecule has 0 aromatic carbocycles. The molecule has 0 saturated carbocycles. The molecule has 90 valence electrons. The molecular weight excluding hydrogens is 216 g/mol. The van der Waals surface area contributed by atoms with Crippen molar-refractivity contribution in [3.63, 3.8) is 0 Å². The number of pyridine rings is 1. The number of nitrogens with zero attached hydrogens (tertiary/aromatic N) is 1. The Morgan fingerprint density at radius 2 is 2.06 bits per heavy atom. The number of aryl methyl sites for hydroxylation is 1. The van der Waals surface area contributed by atoms with Gasteiger partial charge in [0.1, 0.15) is 0 Å². The molecule has 0 aliphatic carbocycles. The lowest BCUT2D eigenvalue weighted by atomic mass is 10.3. The van der Waals surface area contributed by atoms with E-state index in [2.05, 4.69) is 37.1 Å². The summed E-state index contributed by atoms with van der Waals surface area (Å²) in [6.07, 6.45) is 1.83. The van der Waals surface area contributed by atoms with E-state index >= 15 is 0 Å². The minimum absolute atomic E-state index is 0.492. The van der Waals surface area contributed by atoms with Gasteiger partial charge in [-0.25, -0.2) is 0 Å². The molecule has 0 radical (unpaired) electrons. The average Bonchev–Trinajstić information content (AvgIpc) is 2.21. The van der Waals surface area contributed by atoms with Gasteiger partial charge in [-0.1, -0.05) is 13.8 Å². The smallest absolute Gasteiger partial charge is 0.0603 e. The SMILES string of the molecule is Cc1ncccc1NC(C)CSCC(C)C. The van der Waals surface area contributed by atoms with E-state index < -0.39 is 0 Å². The van der Waals surface area contributed by atoms with E-state index in [1.807, 2.05) is 30.9 Å². The van der Waals surface area contributed by atoms with Crippen molar-refractivity contribution in [2.24, 2.45) is 5.92 Å². The van der Waals surface area contributed by atoms with E-state index in [0.29, 0.717) is 6.04 Å². The summed E-state index contributed by atoms with van der Waals surface area (Å²) in [5, 5.41) is 3.50. The molecule has 2 nitrogen and oxygen atoms in total. The quantitative estimate of drug-likeness (QED) is 0.820. The Kier molecular flexibility index (Phi) is 5.67. The third kappa shape index (κ3) is 4.88. The molecular formula is C13H22N2S. The van der Waals surface area contributed by atoms with E-state index in [4.69, 9.17) is 0 Å². The molecule has 0 amide bonds. The summed E-state index contributed by atoms with van der Waals surface area (Å²) in [4.78, 5) is 4.27. The fraction of sp³-hybridized carbons (Fsp3) is 0.615. The highest BCUT2D eigenvalue weighted by Gasteiger charge is 2.05. The van der Waals surface area contributed by atoms with E-state index in [9.17, 15) is 0 Å². The maximum atomic E-state index is 4.27. The number of thioether (sulfide) groups is 1. The molecule has 3 heteroatoms. The summed E-state index contributed by atoms with van der Waals surface area (Å²) < 4.78 is 0. The number of hydrogen-bond donors (Lipinski definition) is 1. The molecule has 0 fully saturated rings. The van der Waals surface area contributed by atoms with Gasteiger partial charge in [0.25, 0.3) is 0 Å². The zero-order chi connectivity index (χ0) is 12.0. The zero-order valence-electron chi connectivity index (χ0n) is 10.7. The van der Waals surface area contributed by atoms with Crippen molar-refractivity contribution in [2.75, 3.05) is 16.8 Å². The first kappa shape index (κ1) is 13.4. The van der Waals surface area contributed by atoms with Gasteiger partial charge in [0.2, 0.25) is 0 Å². The number of nitrogens with one attached hydrogen (secondary N) is 1. The van der Waals surface area contributed by atoms with E-state index in [0.717, 1.165) is 23.1 Å². The van der Waals surface area contributed by atoms with Crippen molar-refractivity contribution in [1.82, 2.24) is 4.98 Å². The van der Waals surface area contributed by atoms with Crippen LogP contribution in [0.15, 0.2) is 18.3 Å². The normalized spacial score (nSPS) is 12.8. The highest BCUT2D eigenvalue weighted by Crippen LogP contribution is 2.15. The Balaban J connectivity index is 2.34. The van der Waals surface area contributed by atoms with Gasteiger partial charge in [0, 0.05) is 18.0 Å². The summed E-state index contributed by atoms with van der Waals surface area (Å²) in [5.41, 5.74) is 2.23. The van der Waals surface area contributed by atoms with Gasteiger partial charge in [-0.15, -0.1) is 0 Å². The summed E-state index contributed by atoms with van der Waals surface area (Å²) in [5.74, 6) is 3.15. The van der Waals surface area contributed by atoms with Crippen LogP contribution in [0.3, 0.4) is 0 Å². The van der Waals surface area contributed by atoms with Gasteiger partial charge in [-0.3, -0.25) is 4.98 Å². The molecule has 1 aromatic rings. The first-order chi connectivity index (χ1) is 7.59. The summed E-state index contributed by atoms with van der Waals surface area (Å²) in [6.45, 7) is 8.78. The molecule has 0 spiro atoms. The minimum Gasteiger partial charge on any atom is -0.380 e. The number of hydrogen-bond acceptors (Lipinski definition) is 3. The van der Waals surface area contributed by atoms with Crippen LogP contribution in [0, 0.1) is 12.8 Å². The van der Waals surface area contributed by atoms with Crippen molar-refractivity contribution in [3.8, 4) is 0 Å². The minimum atomic E-state index is 0.492. The highest BCUT2D eigenvalue weighted by molar-refractivity contribution is 7.99. The van der Waals surface area contributed by atoms with Crippen LogP contribution in [0.25, 0.3) is 0 Å². The van der Waals surface area contributed by atoms with Gasteiger partial charge in [-0.05, 0) is 37.7 Å². The van der Waals surface area contributed by atoms with Gasteiger partial charge in [-0.2, -0.15) is 11.8 Å². The number of aromatic nitrogens is 1. The van der Waals surface area contributed by atoms with Gasteiger partial charge in [0.15, 0.2) is 0 Å². The van der Waals surface area contributed by atoms with Crippen molar-refractivity contribution >= 4 is 17.4 Å². The largest absolute Gasteiger partial charge is 0.380 e. The predicted molar refractivity (Wildman–Crippen MR) is 74.2 cm³/mol. The Labute approximate surface area is 103 Å².